The Hall–Kier alpha value is -1.95. The molecule has 0 bridgehead atoms. The minimum Gasteiger partial charge on any atom is -0.407 e. The molecular formula is C12H15FN4O. The van der Waals surface area contributed by atoms with Crippen LogP contribution in [0, 0.1) is 5.82 Å². The number of hydrogen-bond acceptors (Lipinski definition) is 5. The Morgan fingerprint density at radius 2 is 2.22 bits per heavy atom. The van der Waals surface area contributed by atoms with Crippen LogP contribution in [0.25, 0.3) is 0 Å². The van der Waals surface area contributed by atoms with Crippen molar-refractivity contribution >= 4 is 6.01 Å². The van der Waals surface area contributed by atoms with Crippen LogP contribution in [0.4, 0.5) is 10.4 Å². The summed E-state index contributed by atoms with van der Waals surface area (Å²) in [6.45, 7) is 1.16. The fraction of sp³-hybridized carbons (Fsp3) is 0.333. The van der Waals surface area contributed by atoms with Gasteiger partial charge >= 0.3 is 6.01 Å². The highest BCUT2D eigenvalue weighted by atomic mass is 19.1. The third-order valence-corrected chi connectivity index (χ3v) is 2.37. The Kier molecular flexibility index (Phi) is 4.25. The van der Waals surface area contributed by atoms with Crippen LogP contribution in [-0.2, 0) is 13.0 Å². The van der Waals surface area contributed by atoms with Gasteiger partial charge in [0.25, 0.3) is 0 Å². The van der Waals surface area contributed by atoms with Crippen molar-refractivity contribution in [2.75, 3.05) is 18.9 Å². The summed E-state index contributed by atoms with van der Waals surface area (Å²) in [5, 5.41) is 13.6. The maximum atomic E-state index is 12.9. The van der Waals surface area contributed by atoms with Crippen molar-refractivity contribution in [3.8, 4) is 0 Å². The standard InChI is InChI=1S/C12H15FN4O/c1-14-8-11-16-17-12(18-11)15-6-5-9-3-2-4-10(13)7-9/h2-4,7,14H,5-6,8H2,1H3,(H,15,17). The molecule has 0 amide bonds. The number of rotatable bonds is 6. The molecule has 0 unspecified atom stereocenters. The summed E-state index contributed by atoms with van der Waals surface area (Å²) in [6.07, 6.45) is 0.696. The van der Waals surface area contributed by atoms with Crippen molar-refractivity contribution < 1.29 is 8.81 Å². The van der Waals surface area contributed by atoms with Crippen LogP contribution in [0.2, 0.25) is 0 Å². The lowest BCUT2D eigenvalue weighted by Crippen LogP contribution is -2.05. The van der Waals surface area contributed by atoms with Crippen molar-refractivity contribution in [2.45, 2.75) is 13.0 Å². The summed E-state index contributed by atoms with van der Waals surface area (Å²) in [6, 6.07) is 6.91. The largest absolute Gasteiger partial charge is 0.407 e. The molecule has 0 fully saturated rings. The van der Waals surface area contributed by atoms with E-state index in [1.807, 2.05) is 6.07 Å². The normalized spacial score (nSPS) is 10.6. The molecule has 0 radical (unpaired) electrons. The smallest absolute Gasteiger partial charge is 0.315 e. The summed E-state index contributed by atoms with van der Waals surface area (Å²) >= 11 is 0. The molecule has 0 saturated carbocycles. The first-order valence-corrected chi connectivity index (χ1v) is 5.73. The lowest BCUT2D eigenvalue weighted by molar-refractivity contribution is 0.489. The van der Waals surface area contributed by atoms with E-state index in [9.17, 15) is 4.39 Å². The summed E-state index contributed by atoms with van der Waals surface area (Å²) < 4.78 is 18.3. The van der Waals surface area contributed by atoms with Gasteiger partial charge in [-0.3, -0.25) is 0 Å². The van der Waals surface area contributed by atoms with Gasteiger partial charge in [0.05, 0.1) is 6.54 Å². The zero-order chi connectivity index (χ0) is 12.8. The van der Waals surface area contributed by atoms with Crippen LogP contribution >= 0.6 is 0 Å². The molecule has 2 aromatic rings. The Labute approximate surface area is 104 Å². The van der Waals surface area contributed by atoms with E-state index in [2.05, 4.69) is 20.8 Å². The van der Waals surface area contributed by atoms with Gasteiger partial charge in [-0.05, 0) is 31.2 Å². The van der Waals surface area contributed by atoms with Crippen molar-refractivity contribution in [2.24, 2.45) is 0 Å². The van der Waals surface area contributed by atoms with Crippen molar-refractivity contribution in [1.29, 1.82) is 0 Å². The quantitative estimate of drug-likeness (QED) is 0.815. The van der Waals surface area contributed by atoms with E-state index in [0.717, 1.165) is 5.56 Å². The zero-order valence-electron chi connectivity index (χ0n) is 10.1. The van der Waals surface area contributed by atoms with Crippen LogP contribution in [0.3, 0.4) is 0 Å². The predicted octanol–water partition coefficient (Wildman–Crippen LogP) is 1.58. The molecule has 18 heavy (non-hydrogen) atoms. The third-order valence-electron chi connectivity index (χ3n) is 2.37. The predicted molar refractivity (Wildman–Crippen MR) is 65.7 cm³/mol. The molecule has 0 atom stereocenters. The molecule has 6 heteroatoms. The second-order valence-electron chi connectivity index (χ2n) is 3.84. The van der Waals surface area contributed by atoms with Crippen molar-refractivity contribution in [3.05, 3.63) is 41.5 Å². The molecule has 2 N–H and O–H groups in total. The highest BCUT2D eigenvalue weighted by Crippen LogP contribution is 2.07. The number of halogens is 1. The van der Waals surface area contributed by atoms with Gasteiger partial charge in [-0.15, -0.1) is 5.10 Å². The monoisotopic (exact) mass is 250 g/mol. The van der Waals surface area contributed by atoms with E-state index in [1.165, 1.54) is 12.1 Å². The summed E-state index contributed by atoms with van der Waals surface area (Å²) in [5.74, 6) is 0.312. The van der Waals surface area contributed by atoms with Crippen LogP contribution in [-0.4, -0.2) is 23.8 Å². The molecule has 0 spiro atoms. The van der Waals surface area contributed by atoms with Gasteiger partial charge in [0.1, 0.15) is 5.82 Å². The SMILES string of the molecule is CNCc1nnc(NCCc2cccc(F)c2)o1. The molecule has 1 aromatic heterocycles. The lowest BCUT2D eigenvalue weighted by Gasteiger charge is -2.01. The summed E-state index contributed by atoms with van der Waals surface area (Å²) in [5.41, 5.74) is 0.928. The first kappa shape index (κ1) is 12.5. The average molecular weight is 250 g/mol. The molecule has 1 aromatic carbocycles. The number of benzene rings is 1. The Morgan fingerprint density at radius 3 is 3.00 bits per heavy atom. The first-order chi connectivity index (χ1) is 8.78. The fourth-order valence-electron chi connectivity index (χ4n) is 1.55. The molecule has 0 aliphatic heterocycles. The molecule has 2 rings (SSSR count). The van der Waals surface area contributed by atoms with Gasteiger partial charge in [-0.25, -0.2) is 4.39 Å². The average Bonchev–Trinajstić information content (AvgIpc) is 2.78. The van der Waals surface area contributed by atoms with Crippen LogP contribution < -0.4 is 10.6 Å². The van der Waals surface area contributed by atoms with Crippen molar-refractivity contribution in [1.82, 2.24) is 15.5 Å². The molecule has 0 aliphatic rings. The lowest BCUT2D eigenvalue weighted by atomic mass is 10.1. The van der Waals surface area contributed by atoms with E-state index >= 15 is 0 Å². The van der Waals surface area contributed by atoms with Crippen LogP contribution in [0.5, 0.6) is 0 Å². The van der Waals surface area contributed by atoms with E-state index in [-0.39, 0.29) is 5.82 Å². The number of nitrogens with one attached hydrogen (secondary N) is 2. The zero-order valence-corrected chi connectivity index (χ0v) is 10.1. The van der Waals surface area contributed by atoms with Gasteiger partial charge in [0.2, 0.25) is 5.89 Å². The number of anilines is 1. The molecule has 5 nitrogen and oxygen atoms in total. The molecule has 96 valence electrons. The Balaban J connectivity index is 1.81. The molecular weight excluding hydrogens is 235 g/mol. The van der Waals surface area contributed by atoms with E-state index in [0.29, 0.717) is 31.4 Å². The van der Waals surface area contributed by atoms with Gasteiger partial charge in [0, 0.05) is 6.54 Å². The second kappa shape index (κ2) is 6.11. The van der Waals surface area contributed by atoms with Crippen molar-refractivity contribution in [3.63, 3.8) is 0 Å². The topological polar surface area (TPSA) is 63.0 Å². The number of aromatic nitrogens is 2. The Bertz CT molecular complexity index is 500. The molecule has 0 aliphatic carbocycles. The van der Waals surface area contributed by atoms with E-state index in [1.54, 1.807) is 13.1 Å². The molecule has 1 heterocycles. The van der Waals surface area contributed by atoms with Gasteiger partial charge in [-0.1, -0.05) is 17.2 Å². The maximum absolute atomic E-state index is 12.9. The third kappa shape index (κ3) is 3.53. The minimum absolute atomic E-state index is 0.221. The van der Waals surface area contributed by atoms with Crippen LogP contribution in [0.1, 0.15) is 11.5 Å². The van der Waals surface area contributed by atoms with Gasteiger partial charge < -0.3 is 15.1 Å². The second-order valence-corrected chi connectivity index (χ2v) is 3.84. The first-order valence-electron chi connectivity index (χ1n) is 5.73. The summed E-state index contributed by atoms with van der Waals surface area (Å²) in [7, 11) is 1.81. The van der Waals surface area contributed by atoms with E-state index in [4.69, 9.17) is 4.42 Å². The minimum atomic E-state index is -0.221. The number of nitrogens with zero attached hydrogens (tertiary/aromatic N) is 2. The van der Waals surface area contributed by atoms with E-state index < -0.39 is 0 Å². The molecule has 0 saturated heterocycles. The number of hydrogen-bond donors (Lipinski definition) is 2. The summed E-state index contributed by atoms with van der Waals surface area (Å²) in [4.78, 5) is 0. The highest BCUT2D eigenvalue weighted by Gasteiger charge is 2.04. The highest BCUT2D eigenvalue weighted by molar-refractivity contribution is 5.21. The Morgan fingerprint density at radius 1 is 1.33 bits per heavy atom. The fourth-order valence-corrected chi connectivity index (χ4v) is 1.55. The van der Waals surface area contributed by atoms with Gasteiger partial charge in [-0.2, -0.15) is 0 Å². The maximum Gasteiger partial charge on any atom is 0.315 e. The van der Waals surface area contributed by atoms with Crippen LogP contribution in [0.15, 0.2) is 28.7 Å². The van der Waals surface area contributed by atoms with Gasteiger partial charge in [0.15, 0.2) is 0 Å².